The van der Waals surface area contributed by atoms with Crippen molar-refractivity contribution in [2.24, 2.45) is 5.16 Å². The Balaban J connectivity index is 1.83. The van der Waals surface area contributed by atoms with Gasteiger partial charge in [0, 0.05) is 11.3 Å². The first-order valence-electron chi connectivity index (χ1n) is 6.67. The number of rotatable bonds is 6. The summed E-state index contributed by atoms with van der Waals surface area (Å²) in [5.74, 6) is -0.321. The highest BCUT2D eigenvalue weighted by Gasteiger charge is 2.05. The van der Waals surface area contributed by atoms with Crippen LogP contribution in [-0.4, -0.2) is 24.0 Å². The maximum absolute atomic E-state index is 11.7. The Morgan fingerprint density at radius 2 is 1.91 bits per heavy atom. The smallest absolute Gasteiger partial charge is 0.265 e. The minimum Gasteiger partial charge on any atom is -0.385 e. The second-order valence-corrected chi connectivity index (χ2v) is 5.56. The van der Waals surface area contributed by atoms with Crippen LogP contribution in [0.25, 0.3) is 0 Å². The third kappa shape index (κ3) is 4.53. The number of oxime groups is 1. The zero-order valence-corrected chi connectivity index (χ0v) is 13.1. The molecular weight excluding hydrogens is 300 g/mol. The molecule has 0 saturated heterocycles. The molecule has 1 N–H and O–H groups in total. The molecule has 0 unspecified atom stereocenters. The highest BCUT2D eigenvalue weighted by atomic mass is 32.1. The van der Waals surface area contributed by atoms with Crippen LogP contribution in [-0.2, 0) is 9.63 Å². The lowest BCUT2D eigenvalue weighted by Gasteiger charge is -2.05. The number of carbonyl (C=O) groups excluding carboxylic acids is 2. The molecule has 6 heteroatoms. The van der Waals surface area contributed by atoms with Crippen molar-refractivity contribution in [2.45, 2.75) is 13.8 Å². The maximum atomic E-state index is 11.7. The number of nitrogens with one attached hydrogen (secondary N) is 1. The van der Waals surface area contributed by atoms with Crippen LogP contribution < -0.4 is 5.32 Å². The number of hydrogen-bond acceptors (Lipinski definition) is 5. The summed E-state index contributed by atoms with van der Waals surface area (Å²) in [6.45, 7) is 3.15. The van der Waals surface area contributed by atoms with E-state index in [1.54, 1.807) is 35.6 Å². The molecule has 2 aromatic rings. The van der Waals surface area contributed by atoms with Gasteiger partial charge in [-0.3, -0.25) is 9.59 Å². The Labute approximate surface area is 132 Å². The van der Waals surface area contributed by atoms with Gasteiger partial charge in [0.2, 0.25) is 0 Å². The van der Waals surface area contributed by atoms with Crippen LogP contribution in [0.3, 0.4) is 0 Å². The second kappa shape index (κ2) is 7.51. The van der Waals surface area contributed by atoms with Crippen LogP contribution in [0.15, 0.2) is 46.9 Å². The number of benzene rings is 1. The molecule has 0 atom stereocenters. The molecule has 2 rings (SSSR count). The number of anilines is 1. The van der Waals surface area contributed by atoms with Crippen LogP contribution in [0.2, 0.25) is 0 Å². The highest BCUT2D eigenvalue weighted by molar-refractivity contribution is 7.12. The van der Waals surface area contributed by atoms with E-state index >= 15 is 0 Å². The number of Topliss-reactive ketones (excluding diaryl/α,β-unsaturated/α-hetero) is 1. The third-order valence-electron chi connectivity index (χ3n) is 2.85. The predicted octanol–water partition coefficient (Wildman–Crippen LogP) is 3.33. The summed E-state index contributed by atoms with van der Waals surface area (Å²) < 4.78 is 0. The summed E-state index contributed by atoms with van der Waals surface area (Å²) in [6.07, 6.45) is 0. The lowest BCUT2D eigenvalue weighted by Crippen LogP contribution is -2.17. The molecule has 0 aliphatic rings. The number of carbonyl (C=O) groups is 2. The van der Waals surface area contributed by atoms with Gasteiger partial charge in [0.15, 0.2) is 12.4 Å². The number of thiophene rings is 1. The monoisotopic (exact) mass is 316 g/mol. The first-order chi connectivity index (χ1) is 10.6. The first-order valence-corrected chi connectivity index (χ1v) is 7.55. The van der Waals surface area contributed by atoms with Crippen LogP contribution in [0, 0.1) is 0 Å². The maximum Gasteiger partial charge on any atom is 0.265 e. The average Bonchev–Trinajstić information content (AvgIpc) is 3.02. The van der Waals surface area contributed by atoms with Gasteiger partial charge in [-0.15, -0.1) is 11.3 Å². The molecule has 1 aromatic carbocycles. The van der Waals surface area contributed by atoms with E-state index in [9.17, 15) is 9.59 Å². The zero-order valence-electron chi connectivity index (χ0n) is 12.3. The summed E-state index contributed by atoms with van der Waals surface area (Å²) in [4.78, 5) is 28.9. The first kappa shape index (κ1) is 15.9. The fourth-order valence-corrected chi connectivity index (χ4v) is 2.37. The second-order valence-electron chi connectivity index (χ2n) is 4.61. The van der Waals surface area contributed by atoms with Gasteiger partial charge in [-0.2, -0.15) is 0 Å². The molecule has 0 aliphatic carbocycles. The summed E-state index contributed by atoms with van der Waals surface area (Å²) in [7, 11) is 0. The quantitative estimate of drug-likeness (QED) is 0.505. The minimum atomic E-state index is -0.307. The molecule has 0 spiro atoms. The van der Waals surface area contributed by atoms with E-state index in [1.807, 2.05) is 24.4 Å². The van der Waals surface area contributed by atoms with Gasteiger partial charge in [-0.25, -0.2) is 0 Å². The number of ketones is 1. The van der Waals surface area contributed by atoms with E-state index in [0.29, 0.717) is 11.3 Å². The molecule has 0 radical (unpaired) electrons. The van der Waals surface area contributed by atoms with Crippen molar-refractivity contribution in [3.63, 3.8) is 0 Å². The Morgan fingerprint density at radius 1 is 1.18 bits per heavy atom. The summed E-state index contributed by atoms with van der Waals surface area (Å²) in [6, 6.07) is 10.5. The van der Waals surface area contributed by atoms with Crippen LogP contribution in [0.1, 0.15) is 29.1 Å². The standard InChI is InChI=1S/C16H16N2O3S/c1-11(15-4-3-9-22-15)18-21-10-16(20)17-14-7-5-13(6-8-14)12(2)19/h3-9H,10H2,1-2H3,(H,17,20)/b18-11+. The zero-order chi connectivity index (χ0) is 15.9. The third-order valence-corrected chi connectivity index (χ3v) is 3.83. The fraction of sp³-hybridized carbons (Fsp3) is 0.188. The molecule has 1 aromatic heterocycles. The molecular formula is C16H16N2O3S. The molecule has 0 bridgehead atoms. The summed E-state index contributed by atoms with van der Waals surface area (Å²) >= 11 is 1.56. The van der Waals surface area contributed by atoms with E-state index in [2.05, 4.69) is 10.5 Å². The molecule has 22 heavy (non-hydrogen) atoms. The van der Waals surface area contributed by atoms with Crippen molar-refractivity contribution in [1.82, 2.24) is 0 Å². The summed E-state index contributed by atoms with van der Waals surface area (Å²) in [5.41, 5.74) is 1.94. The van der Waals surface area contributed by atoms with Gasteiger partial charge in [0.05, 0.1) is 10.6 Å². The van der Waals surface area contributed by atoms with E-state index in [1.165, 1.54) is 6.92 Å². The molecule has 1 amide bonds. The number of nitrogens with zero attached hydrogens (tertiary/aromatic N) is 1. The highest BCUT2D eigenvalue weighted by Crippen LogP contribution is 2.11. The Morgan fingerprint density at radius 3 is 2.50 bits per heavy atom. The topological polar surface area (TPSA) is 67.8 Å². The molecule has 1 heterocycles. The van der Waals surface area contributed by atoms with E-state index in [4.69, 9.17) is 4.84 Å². The number of hydrogen-bond donors (Lipinski definition) is 1. The SMILES string of the molecule is CC(=O)c1ccc(NC(=O)CO/N=C(\C)c2cccs2)cc1. The van der Waals surface area contributed by atoms with Gasteiger partial charge < -0.3 is 10.2 Å². The van der Waals surface area contributed by atoms with E-state index < -0.39 is 0 Å². The number of amides is 1. The Hall–Kier alpha value is -2.47. The minimum absolute atomic E-state index is 0.0143. The van der Waals surface area contributed by atoms with Crippen molar-refractivity contribution >= 4 is 34.4 Å². The average molecular weight is 316 g/mol. The summed E-state index contributed by atoms with van der Waals surface area (Å²) in [5, 5.41) is 8.53. The van der Waals surface area contributed by atoms with Crippen LogP contribution in [0.5, 0.6) is 0 Å². The predicted molar refractivity (Wildman–Crippen MR) is 87.6 cm³/mol. The molecule has 114 valence electrons. The fourth-order valence-electron chi connectivity index (χ4n) is 1.70. The van der Waals surface area contributed by atoms with Crippen LogP contribution >= 0.6 is 11.3 Å². The molecule has 0 aliphatic heterocycles. The van der Waals surface area contributed by atoms with Crippen LogP contribution in [0.4, 0.5) is 5.69 Å². The normalized spacial score (nSPS) is 11.1. The van der Waals surface area contributed by atoms with E-state index in [0.717, 1.165) is 10.6 Å². The molecule has 0 fully saturated rings. The van der Waals surface area contributed by atoms with Crippen molar-refractivity contribution in [1.29, 1.82) is 0 Å². The van der Waals surface area contributed by atoms with Gasteiger partial charge >= 0.3 is 0 Å². The van der Waals surface area contributed by atoms with Gasteiger partial charge in [0.1, 0.15) is 0 Å². The van der Waals surface area contributed by atoms with Crippen molar-refractivity contribution < 1.29 is 14.4 Å². The lowest BCUT2D eigenvalue weighted by atomic mass is 10.1. The van der Waals surface area contributed by atoms with Gasteiger partial charge in [-0.05, 0) is 49.6 Å². The van der Waals surface area contributed by atoms with Gasteiger partial charge in [-0.1, -0.05) is 11.2 Å². The van der Waals surface area contributed by atoms with Crippen molar-refractivity contribution in [2.75, 3.05) is 11.9 Å². The largest absolute Gasteiger partial charge is 0.385 e. The van der Waals surface area contributed by atoms with Gasteiger partial charge in [0.25, 0.3) is 5.91 Å². The molecule has 5 nitrogen and oxygen atoms in total. The Kier molecular flexibility index (Phi) is 5.43. The Bertz CT molecular complexity index is 676. The van der Waals surface area contributed by atoms with E-state index in [-0.39, 0.29) is 18.3 Å². The lowest BCUT2D eigenvalue weighted by molar-refractivity contribution is -0.120. The van der Waals surface area contributed by atoms with Crippen molar-refractivity contribution in [3.05, 3.63) is 52.2 Å². The van der Waals surface area contributed by atoms with Crippen molar-refractivity contribution in [3.8, 4) is 0 Å². The molecule has 0 saturated carbocycles.